The second kappa shape index (κ2) is 7.54. The second-order valence-corrected chi connectivity index (χ2v) is 8.20. The molecule has 0 spiro atoms. The number of carbonyl (C=O) groups excluding carboxylic acids is 2. The van der Waals surface area contributed by atoms with Gasteiger partial charge in [-0.15, -0.1) is 0 Å². The number of anilines is 1. The van der Waals surface area contributed by atoms with Gasteiger partial charge in [-0.2, -0.15) is 5.10 Å². The van der Waals surface area contributed by atoms with E-state index in [9.17, 15) is 9.59 Å². The minimum Gasteiger partial charge on any atom is -0.349 e. The van der Waals surface area contributed by atoms with Crippen molar-refractivity contribution in [2.24, 2.45) is 5.92 Å². The highest BCUT2D eigenvalue weighted by molar-refractivity contribution is 6.05. The van der Waals surface area contributed by atoms with E-state index in [2.05, 4.69) is 33.9 Å². The van der Waals surface area contributed by atoms with Crippen molar-refractivity contribution in [1.29, 1.82) is 0 Å². The summed E-state index contributed by atoms with van der Waals surface area (Å²) in [7, 11) is 0. The van der Waals surface area contributed by atoms with Crippen LogP contribution in [0.3, 0.4) is 0 Å². The van der Waals surface area contributed by atoms with E-state index in [1.807, 2.05) is 48.5 Å². The van der Waals surface area contributed by atoms with Crippen LogP contribution in [-0.2, 0) is 16.1 Å². The SMILES string of the molecule is CC(C)n1c(CNC(=O)C2CC(=O)N(c3n[nH]c4ccccc34)C2)nc2ccccc21. The van der Waals surface area contributed by atoms with Gasteiger partial charge in [0, 0.05) is 24.4 Å². The standard InChI is InChI=1S/C23H24N6O2/c1-14(2)29-19-10-6-5-9-18(19)25-20(29)12-24-23(31)15-11-21(30)28(13-15)22-16-7-3-4-8-17(16)26-27-22/h3-10,14-15H,11-13H2,1-2H3,(H,24,31)(H,26,27). The molecule has 1 aliphatic rings. The van der Waals surface area contributed by atoms with E-state index in [1.165, 1.54) is 0 Å². The van der Waals surface area contributed by atoms with E-state index in [0.717, 1.165) is 27.8 Å². The Morgan fingerprint density at radius 3 is 2.81 bits per heavy atom. The summed E-state index contributed by atoms with van der Waals surface area (Å²) in [4.78, 5) is 31.8. The normalized spacial score (nSPS) is 16.7. The molecule has 2 N–H and O–H groups in total. The van der Waals surface area contributed by atoms with Crippen LogP contribution in [0.25, 0.3) is 21.9 Å². The Labute approximate surface area is 179 Å². The average molecular weight is 416 g/mol. The van der Waals surface area contributed by atoms with Crippen LogP contribution < -0.4 is 10.2 Å². The molecule has 3 heterocycles. The first kappa shape index (κ1) is 19.3. The minimum absolute atomic E-state index is 0.0909. The molecule has 2 aromatic carbocycles. The number of H-pyrrole nitrogens is 1. The summed E-state index contributed by atoms with van der Waals surface area (Å²) < 4.78 is 2.14. The number of hydrogen-bond acceptors (Lipinski definition) is 4. The third-order valence-corrected chi connectivity index (χ3v) is 5.81. The molecule has 158 valence electrons. The zero-order valence-corrected chi connectivity index (χ0v) is 17.5. The highest BCUT2D eigenvalue weighted by Gasteiger charge is 2.36. The topological polar surface area (TPSA) is 95.9 Å². The summed E-state index contributed by atoms with van der Waals surface area (Å²) in [5.41, 5.74) is 2.83. The van der Waals surface area contributed by atoms with E-state index >= 15 is 0 Å². The molecule has 8 heteroatoms. The quantitative estimate of drug-likeness (QED) is 0.522. The van der Waals surface area contributed by atoms with Crippen LogP contribution in [0.4, 0.5) is 5.82 Å². The first-order chi connectivity index (χ1) is 15.0. The third-order valence-electron chi connectivity index (χ3n) is 5.81. The Bertz CT molecular complexity index is 1290. The predicted octanol–water partition coefficient (Wildman–Crippen LogP) is 3.16. The number of imidazole rings is 1. The maximum atomic E-state index is 12.9. The molecule has 1 atom stereocenters. The highest BCUT2D eigenvalue weighted by Crippen LogP contribution is 2.29. The number of carbonyl (C=O) groups is 2. The fourth-order valence-corrected chi connectivity index (χ4v) is 4.35. The minimum atomic E-state index is -0.417. The van der Waals surface area contributed by atoms with Gasteiger partial charge in [-0.05, 0) is 38.1 Å². The Balaban J connectivity index is 1.31. The Hall–Kier alpha value is -3.68. The number of nitrogens with zero attached hydrogens (tertiary/aromatic N) is 4. The molecule has 0 bridgehead atoms. The number of hydrogen-bond donors (Lipinski definition) is 2. The molecule has 0 saturated carbocycles. The van der Waals surface area contributed by atoms with Gasteiger partial charge < -0.3 is 9.88 Å². The van der Waals surface area contributed by atoms with Crippen molar-refractivity contribution in [3.63, 3.8) is 0 Å². The summed E-state index contributed by atoms with van der Waals surface area (Å²) >= 11 is 0. The summed E-state index contributed by atoms with van der Waals surface area (Å²) in [5.74, 6) is 0.742. The molecule has 2 amide bonds. The van der Waals surface area contributed by atoms with Crippen molar-refractivity contribution in [2.45, 2.75) is 32.9 Å². The molecule has 2 aromatic heterocycles. The summed E-state index contributed by atoms with van der Waals surface area (Å²) in [5, 5.41) is 11.1. The van der Waals surface area contributed by atoms with Crippen LogP contribution >= 0.6 is 0 Å². The monoisotopic (exact) mass is 416 g/mol. The predicted molar refractivity (Wildman–Crippen MR) is 119 cm³/mol. The molecule has 1 fully saturated rings. The summed E-state index contributed by atoms with van der Waals surface area (Å²) in [6.45, 7) is 4.84. The molecule has 1 unspecified atom stereocenters. The second-order valence-electron chi connectivity index (χ2n) is 8.20. The Kier molecular flexibility index (Phi) is 4.69. The molecule has 8 nitrogen and oxygen atoms in total. The molecule has 0 radical (unpaired) electrons. The lowest BCUT2D eigenvalue weighted by Crippen LogP contribution is -2.33. The number of nitrogens with one attached hydrogen (secondary N) is 2. The average Bonchev–Trinajstić information content (AvgIpc) is 3.46. The molecule has 5 rings (SSSR count). The maximum absolute atomic E-state index is 12.9. The molecule has 0 aliphatic carbocycles. The molecular formula is C23H24N6O2. The van der Waals surface area contributed by atoms with Crippen molar-refractivity contribution in [1.82, 2.24) is 25.1 Å². The smallest absolute Gasteiger partial charge is 0.229 e. The van der Waals surface area contributed by atoms with Crippen molar-refractivity contribution in [3.8, 4) is 0 Å². The molecule has 1 saturated heterocycles. The van der Waals surface area contributed by atoms with Gasteiger partial charge in [0.1, 0.15) is 5.82 Å². The third kappa shape index (κ3) is 3.34. The number of rotatable bonds is 5. The fraction of sp³-hybridized carbons (Fsp3) is 0.304. The van der Waals surface area contributed by atoms with Gasteiger partial charge in [-0.25, -0.2) is 4.98 Å². The molecule has 31 heavy (non-hydrogen) atoms. The van der Waals surface area contributed by atoms with Gasteiger partial charge in [0.2, 0.25) is 11.8 Å². The Morgan fingerprint density at radius 1 is 1.19 bits per heavy atom. The zero-order chi connectivity index (χ0) is 21.5. The van der Waals surface area contributed by atoms with Gasteiger partial charge in [0.15, 0.2) is 5.82 Å². The van der Waals surface area contributed by atoms with Crippen LogP contribution in [-0.4, -0.2) is 38.1 Å². The van der Waals surface area contributed by atoms with Crippen LogP contribution in [0.5, 0.6) is 0 Å². The van der Waals surface area contributed by atoms with Crippen LogP contribution in [0.1, 0.15) is 32.1 Å². The van der Waals surface area contributed by atoms with Crippen LogP contribution in [0.2, 0.25) is 0 Å². The van der Waals surface area contributed by atoms with Crippen LogP contribution in [0, 0.1) is 5.92 Å². The van der Waals surface area contributed by atoms with Crippen molar-refractivity contribution in [2.75, 3.05) is 11.4 Å². The van der Waals surface area contributed by atoms with Crippen molar-refractivity contribution >= 4 is 39.6 Å². The molecular weight excluding hydrogens is 392 g/mol. The number of aromatic amines is 1. The lowest BCUT2D eigenvalue weighted by atomic mass is 10.1. The van der Waals surface area contributed by atoms with Gasteiger partial charge in [-0.1, -0.05) is 24.3 Å². The fourth-order valence-electron chi connectivity index (χ4n) is 4.35. The first-order valence-electron chi connectivity index (χ1n) is 10.5. The summed E-state index contributed by atoms with van der Waals surface area (Å²) in [6.07, 6.45) is 0.174. The molecule has 4 aromatic rings. The summed E-state index contributed by atoms with van der Waals surface area (Å²) in [6, 6.07) is 15.8. The highest BCUT2D eigenvalue weighted by atomic mass is 16.2. The lowest BCUT2D eigenvalue weighted by Gasteiger charge is -2.16. The largest absolute Gasteiger partial charge is 0.349 e. The van der Waals surface area contributed by atoms with Gasteiger partial charge in [0.25, 0.3) is 0 Å². The number of amides is 2. The van der Waals surface area contributed by atoms with Crippen LogP contribution in [0.15, 0.2) is 48.5 Å². The number of benzene rings is 2. The molecule has 1 aliphatic heterocycles. The van der Waals surface area contributed by atoms with Gasteiger partial charge in [-0.3, -0.25) is 19.6 Å². The van der Waals surface area contributed by atoms with Gasteiger partial charge in [0.05, 0.1) is 29.0 Å². The number of fused-ring (bicyclic) bond motifs is 2. The number of para-hydroxylation sites is 3. The van der Waals surface area contributed by atoms with Crippen molar-refractivity contribution in [3.05, 3.63) is 54.4 Å². The van der Waals surface area contributed by atoms with E-state index < -0.39 is 5.92 Å². The zero-order valence-electron chi connectivity index (χ0n) is 17.5. The van der Waals surface area contributed by atoms with Crippen molar-refractivity contribution < 1.29 is 9.59 Å². The Morgan fingerprint density at radius 2 is 1.97 bits per heavy atom. The number of aromatic nitrogens is 4. The van der Waals surface area contributed by atoms with Gasteiger partial charge >= 0.3 is 0 Å². The van der Waals surface area contributed by atoms with E-state index in [1.54, 1.807) is 4.90 Å². The van der Waals surface area contributed by atoms with E-state index in [-0.39, 0.29) is 24.3 Å². The maximum Gasteiger partial charge on any atom is 0.229 e. The van der Waals surface area contributed by atoms with E-state index in [0.29, 0.717) is 18.9 Å². The van der Waals surface area contributed by atoms with E-state index in [4.69, 9.17) is 4.98 Å². The lowest BCUT2D eigenvalue weighted by molar-refractivity contribution is -0.126. The first-order valence-corrected chi connectivity index (χ1v) is 10.5.